The molecule has 3 amide bonds. The number of para-hydroxylation sites is 1. The molecule has 1 spiro atoms. The highest BCUT2D eigenvalue weighted by Crippen LogP contribution is 2.64. The van der Waals surface area contributed by atoms with E-state index in [0.717, 1.165) is 5.52 Å². The lowest BCUT2D eigenvalue weighted by atomic mass is 9.64. The van der Waals surface area contributed by atoms with Crippen molar-refractivity contribution in [2.75, 3.05) is 37.7 Å². The monoisotopic (exact) mass is 670 g/mol. The fourth-order valence-corrected chi connectivity index (χ4v) is 8.25. The van der Waals surface area contributed by atoms with Gasteiger partial charge in [-0.1, -0.05) is 36.4 Å². The molecule has 0 aliphatic carbocycles. The van der Waals surface area contributed by atoms with Gasteiger partial charge in [-0.2, -0.15) is 0 Å². The van der Waals surface area contributed by atoms with E-state index in [4.69, 9.17) is 9.47 Å². The van der Waals surface area contributed by atoms with Crippen molar-refractivity contribution in [3.05, 3.63) is 73.8 Å². The van der Waals surface area contributed by atoms with Gasteiger partial charge in [-0.3, -0.25) is 14.4 Å². The lowest BCUT2D eigenvalue weighted by Gasteiger charge is -2.37. The predicted octanol–water partition coefficient (Wildman–Crippen LogP) is 3.95. The van der Waals surface area contributed by atoms with E-state index in [9.17, 15) is 19.5 Å². The smallest absolute Gasteiger partial charge is 0.250 e. The van der Waals surface area contributed by atoms with Crippen LogP contribution in [0.5, 0.6) is 5.75 Å². The summed E-state index contributed by atoms with van der Waals surface area (Å²) in [4.78, 5) is 49.3. The Bertz CT molecular complexity index is 1710. The maximum atomic E-state index is 14.9. The summed E-state index contributed by atoms with van der Waals surface area (Å²) in [5.74, 6) is -1.77. The number of hydrogen-bond acceptors (Lipinski definition) is 8. The highest BCUT2D eigenvalue weighted by Gasteiger charge is 2.79. The van der Waals surface area contributed by atoms with Crippen LogP contribution in [-0.4, -0.2) is 97.7 Å². The van der Waals surface area contributed by atoms with Crippen molar-refractivity contribution in [3.8, 4) is 5.75 Å². The number of amides is 3. The molecule has 4 heterocycles. The third kappa shape index (κ3) is 5.80. The van der Waals surface area contributed by atoms with Crippen molar-refractivity contribution in [1.82, 2.24) is 24.8 Å². The molecule has 0 radical (unpaired) electrons. The molecule has 3 saturated heterocycles. The Labute approximate surface area is 286 Å². The van der Waals surface area contributed by atoms with E-state index in [-0.39, 0.29) is 50.6 Å². The molecule has 3 aliphatic rings. The van der Waals surface area contributed by atoms with Gasteiger partial charge in [-0.15, -0.1) is 18.3 Å². The maximum absolute atomic E-state index is 14.9. The van der Waals surface area contributed by atoms with Crippen LogP contribution in [0.15, 0.2) is 73.8 Å². The summed E-state index contributed by atoms with van der Waals surface area (Å²) in [5.41, 5.74) is 0.0176. The molecule has 1 N–H and O–H groups in total. The van der Waals surface area contributed by atoms with Crippen molar-refractivity contribution in [2.24, 2.45) is 11.8 Å². The molecule has 2 aromatic carbocycles. The number of anilines is 1. The maximum Gasteiger partial charge on any atom is 0.250 e. The number of fused-ring (bicyclic) bond motifs is 2. The van der Waals surface area contributed by atoms with Crippen molar-refractivity contribution in [2.45, 2.75) is 69.9 Å². The van der Waals surface area contributed by atoms with Gasteiger partial charge in [0.05, 0.1) is 29.6 Å². The summed E-state index contributed by atoms with van der Waals surface area (Å²) in [7, 11) is 0. The van der Waals surface area contributed by atoms with Gasteiger partial charge in [0.15, 0.2) is 0 Å². The molecule has 49 heavy (non-hydrogen) atoms. The Morgan fingerprint density at radius 3 is 2.51 bits per heavy atom. The Hall–Kier alpha value is -4.55. The number of nitrogens with zero attached hydrogens (tertiary/aromatic N) is 6. The summed E-state index contributed by atoms with van der Waals surface area (Å²) >= 11 is 0. The molecule has 2 unspecified atom stereocenters. The Morgan fingerprint density at radius 2 is 1.82 bits per heavy atom. The van der Waals surface area contributed by atoms with Gasteiger partial charge in [-0.25, -0.2) is 4.68 Å². The van der Waals surface area contributed by atoms with Gasteiger partial charge < -0.3 is 29.3 Å². The SMILES string of the molecule is C=CCN(Cn1nnc2ccccc21)C(=O)C1N(CCCCO)C(=O)[C@@H]2[C@@H](C(=O)N(CC=C)c3ccc(OCC)cc3)[C@@]3(CC)CCC12O3. The molecule has 260 valence electrons. The molecular formula is C37H46N6O6. The van der Waals surface area contributed by atoms with E-state index in [1.54, 1.807) is 31.5 Å². The lowest BCUT2D eigenvalue weighted by Crippen LogP contribution is -2.56. The van der Waals surface area contributed by atoms with Gasteiger partial charge >= 0.3 is 0 Å². The van der Waals surface area contributed by atoms with Crippen LogP contribution >= 0.6 is 0 Å². The Kier molecular flexibility index (Phi) is 9.89. The normalized spacial score (nSPS) is 25.4. The number of hydrogen-bond donors (Lipinski definition) is 1. The van der Waals surface area contributed by atoms with Gasteiger partial charge in [-0.05, 0) is 75.4 Å². The van der Waals surface area contributed by atoms with Gasteiger partial charge in [0.1, 0.15) is 29.6 Å². The van der Waals surface area contributed by atoms with Crippen LogP contribution < -0.4 is 9.64 Å². The predicted molar refractivity (Wildman–Crippen MR) is 184 cm³/mol. The zero-order valence-electron chi connectivity index (χ0n) is 28.4. The number of benzene rings is 2. The first-order valence-electron chi connectivity index (χ1n) is 17.2. The summed E-state index contributed by atoms with van der Waals surface area (Å²) in [6.07, 6.45) is 5.79. The van der Waals surface area contributed by atoms with E-state index in [1.807, 2.05) is 62.4 Å². The van der Waals surface area contributed by atoms with E-state index in [1.165, 1.54) is 0 Å². The quantitative estimate of drug-likeness (QED) is 0.179. The van der Waals surface area contributed by atoms with E-state index in [2.05, 4.69) is 23.5 Å². The number of likely N-dealkylation sites (tertiary alicyclic amines) is 1. The first kappa shape index (κ1) is 34.3. The number of ether oxygens (including phenoxy) is 2. The second-order valence-corrected chi connectivity index (χ2v) is 13.0. The number of rotatable bonds is 16. The first-order chi connectivity index (χ1) is 23.8. The molecule has 1 aromatic heterocycles. The molecule has 3 fully saturated rings. The number of unbranched alkanes of at least 4 members (excludes halogenated alkanes) is 1. The second kappa shape index (κ2) is 14.1. The third-order valence-corrected chi connectivity index (χ3v) is 10.4. The van der Waals surface area contributed by atoms with Crippen molar-refractivity contribution >= 4 is 34.4 Å². The van der Waals surface area contributed by atoms with Gasteiger partial charge in [0.25, 0.3) is 0 Å². The minimum Gasteiger partial charge on any atom is -0.494 e. The summed E-state index contributed by atoms with van der Waals surface area (Å²) < 4.78 is 14.3. The number of aliphatic hydroxyl groups is 1. The van der Waals surface area contributed by atoms with Crippen LogP contribution in [0.4, 0.5) is 5.69 Å². The summed E-state index contributed by atoms with van der Waals surface area (Å²) in [6.45, 7) is 13.0. The number of aromatic nitrogens is 3. The second-order valence-electron chi connectivity index (χ2n) is 13.0. The molecule has 3 aliphatic heterocycles. The highest BCUT2D eigenvalue weighted by molar-refractivity contribution is 6.03. The van der Waals surface area contributed by atoms with E-state index < -0.39 is 29.1 Å². The molecule has 2 bridgehead atoms. The topological polar surface area (TPSA) is 130 Å². The highest BCUT2D eigenvalue weighted by atomic mass is 16.5. The third-order valence-electron chi connectivity index (χ3n) is 10.4. The molecule has 12 heteroatoms. The van der Waals surface area contributed by atoms with Crippen LogP contribution in [0.25, 0.3) is 11.0 Å². The molecule has 3 aromatic rings. The van der Waals surface area contributed by atoms with Crippen molar-refractivity contribution in [1.29, 1.82) is 0 Å². The summed E-state index contributed by atoms with van der Waals surface area (Å²) in [6, 6.07) is 13.9. The van der Waals surface area contributed by atoms with Crippen LogP contribution in [0.2, 0.25) is 0 Å². The van der Waals surface area contributed by atoms with Crippen LogP contribution in [-0.2, 0) is 25.8 Å². The average Bonchev–Trinajstić information content (AvgIpc) is 3.84. The zero-order chi connectivity index (χ0) is 34.8. The average molecular weight is 671 g/mol. The van der Waals surface area contributed by atoms with Crippen molar-refractivity contribution in [3.63, 3.8) is 0 Å². The minimum absolute atomic E-state index is 0.0354. The minimum atomic E-state index is -1.20. The van der Waals surface area contributed by atoms with Gasteiger partial charge in [0.2, 0.25) is 17.7 Å². The summed E-state index contributed by atoms with van der Waals surface area (Å²) in [5, 5.41) is 18.1. The number of carbonyl (C=O) groups excluding carboxylic acids is 3. The molecule has 5 atom stereocenters. The first-order valence-corrected chi connectivity index (χ1v) is 17.2. The Morgan fingerprint density at radius 1 is 1.06 bits per heavy atom. The largest absolute Gasteiger partial charge is 0.494 e. The molecular weight excluding hydrogens is 624 g/mol. The van der Waals surface area contributed by atoms with Gasteiger partial charge in [0, 0.05) is 31.9 Å². The number of carbonyl (C=O) groups is 3. The number of aliphatic hydroxyl groups excluding tert-OH is 1. The van der Waals surface area contributed by atoms with E-state index in [0.29, 0.717) is 55.7 Å². The molecule has 12 nitrogen and oxygen atoms in total. The van der Waals surface area contributed by atoms with Crippen LogP contribution in [0, 0.1) is 11.8 Å². The standard InChI is InChI=1S/C37H46N6O6/c1-5-21-40(25-43-29-14-10-9-13-28(29)38-39-43)35(47)32-37-20-19-36(7-3,49-37)30(31(37)34(46)42(32)23-11-12-24-44)33(45)41(22-6-2)26-15-17-27(18-16-26)48-8-4/h5-6,9-10,13-18,30-32,44H,1-2,7-8,11-12,19-25H2,3-4H3/t30-,31-,32?,36+,37?/m0/s1. The lowest BCUT2D eigenvalue weighted by molar-refractivity contribution is -0.153. The fraction of sp³-hybridized carbons (Fsp3) is 0.486. The Balaban J connectivity index is 1.39. The van der Waals surface area contributed by atoms with E-state index >= 15 is 0 Å². The van der Waals surface area contributed by atoms with Crippen LogP contribution in [0.3, 0.4) is 0 Å². The fourth-order valence-electron chi connectivity index (χ4n) is 8.25. The van der Waals surface area contributed by atoms with Crippen molar-refractivity contribution < 1.29 is 29.0 Å². The van der Waals surface area contributed by atoms with Crippen LogP contribution in [0.1, 0.15) is 46.0 Å². The molecule has 6 rings (SSSR count). The molecule has 0 saturated carbocycles. The zero-order valence-corrected chi connectivity index (χ0v) is 28.4.